The molecule has 4 nitrogen and oxygen atoms in total. The third-order valence-corrected chi connectivity index (χ3v) is 2.75. The first-order valence-electron chi connectivity index (χ1n) is 6.40. The minimum Gasteiger partial charge on any atom is -0.493 e. The number of rotatable bonds is 6. The van der Waals surface area contributed by atoms with Gasteiger partial charge >= 0.3 is 0 Å². The van der Waals surface area contributed by atoms with Crippen molar-refractivity contribution >= 4 is 5.91 Å². The van der Waals surface area contributed by atoms with Crippen LogP contribution in [0, 0.1) is 0 Å². The first kappa shape index (κ1) is 13.9. The number of benzene rings is 2. The average molecular weight is 271 g/mol. The Labute approximate surface area is 118 Å². The molecule has 0 aliphatic rings. The van der Waals surface area contributed by atoms with Crippen molar-refractivity contribution in [1.29, 1.82) is 0 Å². The van der Waals surface area contributed by atoms with Crippen molar-refractivity contribution in [3.8, 4) is 11.5 Å². The molecule has 2 aromatic rings. The van der Waals surface area contributed by atoms with Crippen LogP contribution in [0.4, 0.5) is 0 Å². The maximum atomic E-state index is 11.8. The van der Waals surface area contributed by atoms with Crippen LogP contribution in [-0.4, -0.2) is 26.2 Å². The van der Waals surface area contributed by atoms with E-state index >= 15 is 0 Å². The van der Waals surface area contributed by atoms with E-state index < -0.39 is 0 Å². The third kappa shape index (κ3) is 3.75. The Morgan fingerprint density at radius 1 is 1.00 bits per heavy atom. The Morgan fingerprint density at radius 2 is 1.65 bits per heavy atom. The van der Waals surface area contributed by atoms with E-state index in [2.05, 4.69) is 5.32 Å². The molecule has 4 heteroatoms. The lowest BCUT2D eigenvalue weighted by Crippen LogP contribution is -2.28. The topological polar surface area (TPSA) is 47.6 Å². The maximum absolute atomic E-state index is 11.8. The molecule has 0 saturated heterocycles. The van der Waals surface area contributed by atoms with Crippen molar-refractivity contribution in [2.75, 3.05) is 20.3 Å². The van der Waals surface area contributed by atoms with Crippen molar-refractivity contribution in [3.05, 3.63) is 60.2 Å². The van der Waals surface area contributed by atoms with Crippen LogP contribution < -0.4 is 14.8 Å². The van der Waals surface area contributed by atoms with E-state index in [0.29, 0.717) is 30.2 Å². The van der Waals surface area contributed by atoms with Gasteiger partial charge in [0.2, 0.25) is 0 Å². The zero-order valence-corrected chi connectivity index (χ0v) is 11.3. The van der Waals surface area contributed by atoms with Gasteiger partial charge in [0.1, 0.15) is 6.61 Å². The van der Waals surface area contributed by atoms with E-state index in [-0.39, 0.29) is 5.91 Å². The second-order valence-electron chi connectivity index (χ2n) is 4.12. The standard InChI is InChI=1S/C16H17NO3/c1-19-14-9-5-6-10-15(14)20-12-11-17-16(18)13-7-3-2-4-8-13/h2-10H,11-12H2,1H3,(H,17,18). The smallest absolute Gasteiger partial charge is 0.251 e. The van der Waals surface area contributed by atoms with Gasteiger partial charge in [0.25, 0.3) is 5.91 Å². The lowest BCUT2D eigenvalue weighted by atomic mass is 10.2. The van der Waals surface area contributed by atoms with Crippen LogP contribution in [-0.2, 0) is 0 Å². The molecule has 1 N–H and O–H groups in total. The van der Waals surface area contributed by atoms with E-state index in [9.17, 15) is 4.79 Å². The summed E-state index contributed by atoms with van der Waals surface area (Å²) < 4.78 is 10.8. The highest BCUT2D eigenvalue weighted by atomic mass is 16.5. The molecule has 0 heterocycles. The van der Waals surface area contributed by atoms with E-state index in [4.69, 9.17) is 9.47 Å². The quantitative estimate of drug-likeness (QED) is 0.821. The highest BCUT2D eigenvalue weighted by molar-refractivity contribution is 5.94. The second kappa shape index (κ2) is 7.19. The Kier molecular flexibility index (Phi) is 5.00. The number of hydrogen-bond acceptors (Lipinski definition) is 3. The van der Waals surface area contributed by atoms with E-state index in [1.807, 2.05) is 42.5 Å². The molecule has 20 heavy (non-hydrogen) atoms. The maximum Gasteiger partial charge on any atom is 0.251 e. The highest BCUT2D eigenvalue weighted by Gasteiger charge is 2.05. The first-order chi connectivity index (χ1) is 9.81. The minimum absolute atomic E-state index is 0.103. The molecular weight excluding hydrogens is 254 g/mol. The summed E-state index contributed by atoms with van der Waals surface area (Å²) >= 11 is 0. The van der Waals surface area contributed by atoms with Gasteiger partial charge in [0, 0.05) is 5.56 Å². The number of nitrogens with one attached hydrogen (secondary N) is 1. The van der Waals surface area contributed by atoms with Crippen molar-refractivity contribution in [2.45, 2.75) is 0 Å². The molecule has 0 aromatic heterocycles. The van der Waals surface area contributed by atoms with Crippen LogP contribution in [0.3, 0.4) is 0 Å². The molecule has 104 valence electrons. The van der Waals surface area contributed by atoms with Crippen LogP contribution in [0.15, 0.2) is 54.6 Å². The van der Waals surface area contributed by atoms with Crippen LogP contribution in [0.5, 0.6) is 11.5 Å². The SMILES string of the molecule is COc1ccccc1OCCNC(=O)c1ccccc1. The Morgan fingerprint density at radius 3 is 2.35 bits per heavy atom. The zero-order chi connectivity index (χ0) is 14.2. The minimum atomic E-state index is -0.103. The van der Waals surface area contributed by atoms with E-state index in [1.54, 1.807) is 19.2 Å². The highest BCUT2D eigenvalue weighted by Crippen LogP contribution is 2.25. The van der Waals surface area contributed by atoms with Crippen LogP contribution >= 0.6 is 0 Å². The van der Waals surface area contributed by atoms with Gasteiger partial charge in [0.05, 0.1) is 13.7 Å². The molecule has 0 spiro atoms. The largest absolute Gasteiger partial charge is 0.493 e. The second-order valence-corrected chi connectivity index (χ2v) is 4.12. The monoisotopic (exact) mass is 271 g/mol. The molecule has 0 aliphatic heterocycles. The van der Waals surface area contributed by atoms with Crippen molar-refractivity contribution in [1.82, 2.24) is 5.32 Å². The summed E-state index contributed by atoms with van der Waals surface area (Å²) in [4.78, 5) is 11.8. The van der Waals surface area contributed by atoms with Crippen molar-refractivity contribution in [3.63, 3.8) is 0 Å². The number of para-hydroxylation sites is 2. The molecule has 0 unspecified atom stereocenters. The van der Waals surface area contributed by atoms with Crippen molar-refractivity contribution in [2.24, 2.45) is 0 Å². The molecule has 2 aromatic carbocycles. The normalized spacial score (nSPS) is 9.85. The number of amides is 1. The van der Waals surface area contributed by atoms with E-state index in [0.717, 1.165) is 0 Å². The van der Waals surface area contributed by atoms with Gasteiger partial charge in [-0.25, -0.2) is 0 Å². The van der Waals surface area contributed by atoms with Crippen LogP contribution in [0.2, 0.25) is 0 Å². The van der Waals surface area contributed by atoms with Gasteiger partial charge in [0.15, 0.2) is 11.5 Å². The molecule has 0 saturated carbocycles. The predicted octanol–water partition coefficient (Wildman–Crippen LogP) is 2.50. The van der Waals surface area contributed by atoms with Gasteiger partial charge in [-0.1, -0.05) is 30.3 Å². The Balaban J connectivity index is 1.78. The zero-order valence-electron chi connectivity index (χ0n) is 11.3. The van der Waals surface area contributed by atoms with Gasteiger partial charge in [-0.3, -0.25) is 4.79 Å². The number of carbonyl (C=O) groups excluding carboxylic acids is 1. The summed E-state index contributed by atoms with van der Waals surface area (Å²) in [6, 6.07) is 16.5. The fraction of sp³-hybridized carbons (Fsp3) is 0.188. The molecule has 0 radical (unpaired) electrons. The molecule has 0 atom stereocenters. The van der Waals surface area contributed by atoms with E-state index in [1.165, 1.54) is 0 Å². The molecule has 0 aliphatic carbocycles. The summed E-state index contributed by atoms with van der Waals surface area (Å²) in [6.07, 6.45) is 0. The number of methoxy groups -OCH3 is 1. The summed E-state index contributed by atoms with van der Waals surface area (Å²) in [6.45, 7) is 0.824. The summed E-state index contributed by atoms with van der Waals surface area (Å²) in [5, 5.41) is 2.80. The summed E-state index contributed by atoms with van der Waals surface area (Å²) in [5.41, 5.74) is 0.643. The molecule has 2 rings (SSSR count). The number of ether oxygens (including phenoxy) is 2. The molecule has 0 bridgehead atoms. The summed E-state index contributed by atoms with van der Waals surface area (Å²) in [7, 11) is 1.60. The van der Waals surface area contributed by atoms with Gasteiger partial charge in [-0.2, -0.15) is 0 Å². The van der Waals surface area contributed by atoms with Gasteiger partial charge in [-0.05, 0) is 24.3 Å². The van der Waals surface area contributed by atoms with Crippen molar-refractivity contribution < 1.29 is 14.3 Å². The number of carbonyl (C=O) groups is 1. The van der Waals surface area contributed by atoms with Crippen LogP contribution in [0.25, 0.3) is 0 Å². The Hall–Kier alpha value is -2.49. The lowest BCUT2D eigenvalue weighted by molar-refractivity contribution is 0.0947. The fourth-order valence-corrected chi connectivity index (χ4v) is 1.76. The third-order valence-electron chi connectivity index (χ3n) is 2.75. The summed E-state index contributed by atoms with van der Waals surface area (Å²) in [5.74, 6) is 1.25. The van der Waals surface area contributed by atoms with Gasteiger partial charge in [-0.15, -0.1) is 0 Å². The first-order valence-corrected chi connectivity index (χ1v) is 6.40. The lowest BCUT2D eigenvalue weighted by Gasteiger charge is -2.10. The fourth-order valence-electron chi connectivity index (χ4n) is 1.76. The molecule has 1 amide bonds. The molecular formula is C16H17NO3. The predicted molar refractivity (Wildman–Crippen MR) is 77.3 cm³/mol. The molecule has 0 fully saturated rings. The van der Waals surface area contributed by atoms with Gasteiger partial charge < -0.3 is 14.8 Å². The van der Waals surface area contributed by atoms with Crippen LogP contribution in [0.1, 0.15) is 10.4 Å². The number of hydrogen-bond donors (Lipinski definition) is 1. The Bertz CT molecular complexity index is 555. The average Bonchev–Trinajstić information content (AvgIpc) is 2.52.